The number of rotatable bonds is 7. The molecule has 25 heavy (non-hydrogen) atoms. The van der Waals surface area contributed by atoms with Crippen LogP contribution in [0.2, 0.25) is 0 Å². The van der Waals surface area contributed by atoms with E-state index in [1.54, 1.807) is 17.7 Å². The van der Waals surface area contributed by atoms with Crippen LogP contribution in [0.25, 0.3) is 0 Å². The molecule has 0 aliphatic rings. The third-order valence-corrected chi connectivity index (χ3v) is 4.53. The standard InChI is InChI=1S/C19H17N3O2S/c20-13-15-9-12-25-19(15)22-17(23)8-10-21-18(16-7-4-11-24-16)14-5-2-1-3-6-14/h1-7,9,11-12,18,21H,8,10H2,(H,22,23)/t18-/m0/s1. The van der Waals surface area contributed by atoms with Gasteiger partial charge in [-0.05, 0) is 29.1 Å². The maximum Gasteiger partial charge on any atom is 0.226 e. The summed E-state index contributed by atoms with van der Waals surface area (Å²) >= 11 is 1.35. The van der Waals surface area contributed by atoms with E-state index in [1.165, 1.54) is 11.3 Å². The SMILES string of the molecule is N#Cc1ccsc1NC(=O)CCN[C@@H](c1ccccc1)c1ccco1. The van der Waals surface area contributed by atoms with Crippen LogP contribution in [0.3, 0.4) is 0 Å². The van der Waals surface area contributed by atoms with Crippen LogP contribution in [0.5, 0.6) is 0 Å². The summed E-state index contributed by atoms with van der Waals surface area (Å²) in [5.41, 5.74) is 1.56. The van der Waals surface area contributed by atoms with Crippen molar-refractivity contribution in [3.63, 3.8) is 0 Å². The highest BCUT2D eigenvalue weighted by Crippen LogP contribution is 2.23. The summed E-state index contributed by atoms with van der Waals surface area (Å²) in [6.45, 7) is 0.485. The van der Waals surface area contributed by atoms with Gasteiger partial charge in [0.15, 0.2) is 0 Å². The molecule has 0 saturated carbocycles. The lowest BCUT2D eigenvalue weighted by molar-refractivity contribution is -0.116. The average molecular weight is 351 g/mol. The number of anilines is 1. The lowest BCUT2D eigenvalue weighted by Gasteiger charge is -2.17. The molecule has 0 unspecified atom stereocenters. The zero-order chi connectivity index (χ0) is 17.5. The summed E-state index contributed by atoms with van der Waals surface area (Å²) in [4.78, 5) is 12.1. The number of thiophene rings is 1. The van der Waals surface area contributed by atoms with E-state index in [4.69, 9.17) is 9.68 Å². The van der Waals surface area contributed by atoms with E-state index in [2.05, 4.69) is 16.7 Å². The number of nitriles is 1. The Hall–Kier alpha value is -2.88. The van der Waals surface area contributed by atoms with Gasteiger partial charge in [-0.15, -0.1) is 11.3 Å². The minimum Gasteiger partial charge on any atom is -0.467 e. The van der Waals surface area contributed by atoms with E-state index in [0.29, 0.717) is 23.5 Å². The van der Waals surface area contributed by atoms with Gasteiger partial charge in [-0.25, -0.2) is 0 Å². The molecule has 1 amide bonds. The molecule has 2 N–H and O–H groups in total. The summed E-state index contributed by atoms with van der Waals surface area (Å²) in [6, 6.07) is 17.4. The normalized spacial score (nSPS) is 11.6. The lowest BCUT2D eigenvalue weighted by atomic mass is 10.0. The van der Waals surface area contributed by atoms with Crippen molar-refractivity contribution in [2.24, 2.45) is 0 Å². The van der Waals surface area contributed by atoms with Gasteiger partial charge in [-0.1, -0.05) is 30.3 Å². The number of carbonyl (C=O) groups excluding carboxylic acids is 1. The molecule has 6 heteroatoms. The molecule has 0 aliphatic heterocycles. The van der Waals surface area contributed by atoms with E-state index in [0.717, 1.165) is 11.3 Å². The smallest absolute Gasteiger partial charge is 0.226 e. The number of hydrogen-bond donors (Lipinski definition) is 2. The Balaban J connectivity index is 1.59. The Kier molecular flexibility index (Phi) is 5.62. The van der Waals surface area contributed by atoms with Crippen LogP contribution < -0.4 is 10.6 Å². The van der Waals surface area contributed by atoms with E-state index >= 15 is 0 Å². The quantitative estimate of drug-likeness (QED) is 0.676. The van der Waals surface area contributed by atoms with E-state index in [9.17, 15) is 4.79 Å². The number of furan rings is 1. The van der Waals surface area contributed by atoms with Crippen molar-refractivity contribution >= 4 is 22.2 Å². The van der Waals surface area contributed by atoms with Crippen LogP contribution in [0.4, 0.5) is 5.00 Å². The zero-order valence-corrected chi connectivity index (χ0v) is 14.3. The Morgan fingerprint density at radius 1 is 1.20 bits per heavy atom. The number of hydrogen-bond acceptors (Lipinski definition) is 5. The predicted molar refractivity (Wildman–Crippen MR) is 97.3 cm³/mol. The lowest BCUT2D eigenvalue weighted by Crippen LogP contribution is -2.26. The summed E-state index contributed by atoms with van der Waals surface area (Å²) in [6.07, 6.45) is 1.94. The first kappa shape index (κ1) is 17.0. The maximum atomic E-state index is 12.1. The molecule has 1 aromatic carbocycles. The monoisotopic (exact) mass is 351 g/mol. The van der Waals surface area contributed by atoms with Gasteiger partial charge in [0.1, 0.15) is 16.8 Å². The van der Waals surface area contributed by atoms with Crippen molar-refractivity contribution in [3.05, 3.63) is 77.1 Å². The molecule has 2 heterocycles. The van der Waals surface area contributed by atoms with Crippen LogP contribution in [0.15, 0.2) is 64.6 Å². The number of benzene rings is 1. The average Bonchev–Trinajstić information content (AvgIpc) is 3.31. The van der Waals surface area contributed by atoms with E-state index in [1.807, 2.05) is 42.5 Å². The maximum absolute atomic E-state index is 12.1. The fraction of sp³-hybridized carbons (Fsp3) is 0.158. The molecule has 0 saturated heterocycles. The second-order valence-corrected chi connectivity index (χ2v) is 6.30. The van der Waals surface area contributed by atoms with Crippen molar-refractivity contribution in [2.75, 3.05) is 11.9 Å². The molecule has 0 aliphatic carbocycles. The first-order valence-corrected chi connectivity index (χ1v) is 8.75. The van der Waals surface area contributed by atoms with Crippen LogP contribution in [-0.4, -0.2) is 12.5 Å². The molecule has 1 atom stereocenters. The Morgan fingerprint density at radius 2 is 2.04 bits per heavy atom. The van der Waals surface area contributed by atoms with Crippen LogP contribution >= 0.6 is 11.3 Å². The minimum atomic E-state index is -0.127. The third-order valence-electron chi connectivity index (χ3n) is 3.70. The first-order chi connectivity index (χ1) is 12.3. The molecule has 0 radical (unpaired) electrons. The summed E-state index contributed by atoms with van der Waals surface area (Å²) in [7, 11) is 0. The topological polar surface area (TPSA) is 78.1 Å². The summed E-state index contributed by atoms with van der Waals surface area (Å²) in [5, 5.41) is 17.5. The van der Waals surface area contributed by atoms with Gasteiger partial charge in [0.05, 0.1) is 17.9 Å². The molecule has 5 nitrogen and oxygen atoms in total. The number of amides is 1. The predicted octanol–water partition coefficient (Wildman–Crippen LogP) is 3.92. The Morgan fingerprint density at radius 3 is 2.76 bits per heavy atom. The van der Waals surface area contributed by atoms with Crippen molar-refractivity contribution < 1.29 is 9.21 Å². The van der Waals surface area contributed by atoms with Gasteiger partial charge >= 0.3 is 0 Å². The minimum absolute atomic E-state index is 0.111. The van der Waals surface area contributed by atoms with Gasteiger partial charge < -0.3 is 15.1 Å². The molecule has 126 valence electrons. The fourth-order valence-electron chi connectivity index (χ4n) is 2.50. The molecule has 0 bridgehead atoms. The second-order valence-electron chi connectivity index (χ2n) is 5.39. The highest BCUT2D eigenvalue weighted by atomic mass is 32.1. The van der Waals surface area contributed by atoms with Gasteiger partial charge in [0, 0.05) is 13.0 Å². The van der Waals surface area contributed by atoms with Crippen molar-refractivity contribution in [3.8, 4) is 6.07 Å². The van der Waals surface area contributed by atoms with E-state index < -0.39 is 0 Å². The summed E-state index contributed by atoms with van der Waals surface area (Å²) < 4.78 is 5.53. The highest BCUT2D eigenvalue weighted by Gasteiger charge is 2.16. The largest absolute Gasteiger partial charge is 0.467 e. The van der Waals surface area contributed by atoms with Gasteiger partial charge in [-0.3, -0.25) is 4.79 Å². The van der Waals surface area contributed by atoms with Crippen LogP contribution in [-0.2, 0) is 4.79 Å². The molecular weight excluding hydrogens is 334 g/mol. The zero-order valence-electron chi connectivity index (χ0n) is 13.4. The van der Waals surface area contributed by atoms with E-state index in [-0.39, 0.29) is 11.9 Å². The first-order valence-electron chi connectivity index (χ1n) is 7.87. The number of nitrogens with zero attached hydrogens (tertiary/aromatic N) is 1. The van der Waals surface area contributed by atoms with Crippen molar-refractivity contribution in [2.45, 2.75) is 12.5 Å². The number of nitrogens with one attached hydrogen (secondary N) is 2. The summed E-state index contributed by atoms with van der Waals surface area (Å²) in [5.74, 6) is 0.675. The van der Waals surface area contributed by atoms with Gasteiger partial charge in [0.2, 0.25) is 5.91 Å². The molecule has 2 aromatic heterocycles. The molecule has 3 aromatic rings. The van der Waals surface area contributed by atoms with Gasteiger partial charge in [0.25, 0.3) is 0 Å². The number of carbonyl (C=O) groups is 1. The Labute approximate surface area is 149 Å². The van der Waals surface area contributed by atoms with Crippen molar-refractivity contribution in [1.82, 2.24) is 5.32 Å². The Bertz CT molecular complexity index is 850. The third kappa shape index (κ3) is 4.35. The molecular formula is C19H17N3O2S. The molecule has 0 fully saturated rings. The van der Waals surface area contributed by atoms with Gasteiger partial charge in [-0.2, -0.15) is 5.26 Å². The highest BCUT2D eigenvalue weighted by molar-refractivity contribution is 7.14. The van der Waals surface area contributed by atoms with Crippen molar-refractivity contribution in [1.29, 1.82) is 5.26 Å². The van der Waals surface area contributed by atoms with Crippen LogP contribution in [0, 0.1) is 11.3 Å². The fourth-order valence-corrected chi connectivity index (χ4v) is 3.25. The molecule has 3 rings (SSSR count). The molecule has 0 spiro atoms. The second kappa shape index (κ2) is 8.29. The van der Waals surface area contributed by atoms with Crippen LogP contribution in [0.1, 0.15) is 29.3 Å².